The van der Waals surface area contributed by atoms with Gasteiger partial charge in [0, 0.05) is 51.2 Å². The Balaban J connectivity index is 0.00000450. The second-order valence-electron chi connectivity index (χ2n) is 8.75. The Morgan fingerprint density at radius 1 is 1.23 bits per heavy atom. The number of aromatic nitrogens is 3. The second kappa shape index (κ2) is 13.8. The number of thioether (sulfide) groups is 1. The van der Waals surface area contributed by atoms with Gasteiger partial charge in [0.05, 0.1) is 0 Å². The van der Waals surface area contributed by atoms with Crippen LogP contribution >= 0.6 is 35.7 Å². The highest BCUT2D eigenvalue weighted by Gasteiger charge is 2.31. The third-order valence-electron chi connectivity index (χ3n) is 5.39. The molecule has 1 aliphatic heterocycles. The number of nitrogens with zero attached hydrogens (tertiary/aromatic N) is 5. The van der Waals surface area contributed by atoms with Crippen molar-refractivity contribution >= 4 is 41.7 Å². The van der Waals surface area contributed by atoms with E-state index in [1.165, 1.54) is 0 Å². The molecule has 1 aliphatic rings. The van der Waals surface area contributed by atoms with Crippen molar-refractivity contribution in [3.8, 4) is 0 Å². The summed E-state index contributed by atoms with van der Waals surface area (Å²) in [5.41, 5.74) is 0. The maximum Gasteiger partial charge on any atom is 0.191 e. The Morgan fingerprint density at radius 3 is 2.53 bits per heavy atom. The average Bonchev–Trinajstić information content (AvgIpc) is 3.22. The lowest BCUT2D eigenvalue weighted by molar-refractivity contribution is 0.265. The third kappa shape index (κ3) is 8.18. The molecule has 2 N–H and O–H groups in total. The van der Waals surface area contributed by atoms with Crippen LogP contribution in [0.15, 0.2) is 10.1 Å². The zero-order valence-corrected chi connectivity index (χ0v) is 23.0. The Bertz CT molecular complexity index is 647. The predicted molar refractivity (Wildman–Crippen MR) is 139 cm³/mol. The molecule has 0 spiro atoms. The highest BCUT2D eigenvalue weighted by Crippen LogP contribution is 2.19. The van der Waals surface area contributed by atoms with Crippen LogP contribution in [0.2, 0.25) is 0 Å². The van der Waals surface area contributed by atoms with Gasteiger partial charge < -0.3 is 15.2 Å². The van der Waals surface area contributed by atoms with E-state index >= 15 is 0 Å². The summed E-state index contributed by atoms with van der Waals surface area (Å²) in [6.45, 7) is 18.3. The van der Waals surface area contributed by atoms with E-state index in [1.54, 1.807) is 11.8 Å². The van der Waals surface area contributed by atoms with Gasteiger partial charge in [-0.05, 0) is 45.3 Å². The lowest BCUT2D eigenvalue weighted by Crippen LogP contribution is -2.46. The van der Waals surface area contributed by atoms with Crippen molar-refractivity contribution in [3.63, 3.8) is 0 Å². The molecule has 1 aromatic heterocycles. The van der Waals surface area contributed by atoms with Gasteiger partial charge in [-0.15, -0.1) is 34.2 Å². The number of guanidine groups is 1. The van der Waals surface area contributed by atoms with Crippen molar-refractivity contribution in [2.45, 2.75) is 78.2 Å². The molecule has 2 heterocycles. The molecule has 2 atom stereocenters. The number of rotatable bonds is 10. The minimum Gasteiger partial charge on any atom is -0.357 e. The van der Waals surface area contributed by atoms with Gasteiger partial charge in [0.1, 0.15) is 5.82 Å². The number of hydrogen-bond acceptors (Lipinski definition) is 5. The summed E-state index contributed by atoms with van der Waals surface area (Å²) in [4.78, 5) is 7.37. The van der Waals surface area contributed by atoms with Crippen molar-refractivity contribution in [2.75, 3.05) is 32.4 Å². The van der Waals surface area contributed by atoms with Crippen LogP contribution in [0, 0.1) is 11.8 Å². The standard InChI is InChI=1S/C21H41N7S.HI/c1-8-22-20(24-18-14-27(16(4)5)13-17(18)6)23-11-9-10-19-25-26-21(29-7)28(19)12-15(2)3;/h15-18H,8-14H2,1-7H3,(H2,22,23,24);1H. The molecule has 0 bridgehead atoms. The molecule has 2 rings (SSSR count). The van der Waals surface area contributed by atoms with Crippen molar-refractivity contribution in [2.24, 2.45) is 16.8 Å². The summed E-state index contributed by atoms with van der Waals surface area (Å²) in [6.07, 6.45) is 3.94. The van der Waals surface area contributed by atoms with Gasteiger partial charge in [0.2, 0.25) is 0 Å². The van der Waals surface area contributed by atoms with Gasteiger partial charge in [-0.3, -0.25) is 9.89 Å². The summed E-state index contributed by atoms with van der Waals surface area (Å²) in [6, 6.07) is 1.05. The van der Waals surface area contributed by atoms with E-state index in [0.717, 1.165) is 62.5 Å². The first-order chi connectivity index (χ1) is 13.8. The van der Waals surface area contributed by atoms with E-state index in [-0.39, 0.29) is 24.0 Å². The van der Waals surface area contributed by atoms with Crippen LogP contribution in [0.1, 0.15) is 53.8 Å². The van der Waals surface area contributed by atoms with Crippen LogP contribution in [0.25, 0.3) is 0 Å². The molecule has 1 fully saturated rings. The monoisotopic (exact) mass is 551 g/mol. The zero-order chi connectivity index (χ0) is 21.4. The van der Waals surface area contributed by atoms with Crippen molar-refractivity contribution < 1.29 is 0 Å². The minimum atomic E-state index is 0. The molecular formula is C21H42IN7S. The molecule has 0 aromatic carbocycles. The molecule has 0 radical (unpaired) electrons. The molecule has 0 amide bonds. The van der Waals surface area contributed by atoms with E-state index in [4.69, 9.17) is 4.99 Å². The van der Waals surface area contributed by atoms with Gasteiger partial charge in [-0.1, -0.05) is 32.5 Å². The predicted octanol–water partition coefficient (Wildman–Crippen LogP) is 3.49. The van der Waals surface area contributed by atoms with Crippen molar-refractivity contribution in [1.82, 2.24) is 30.3 Å². The van der Waals surface area contributed by atoms with E-state index in [1.807, 2.05) is 0 Å². The third-order valence-corrected chi connectivity index (χ3v) is 6.06. The Hall–Kier alpha value is -0.550. The first kappa shape index (κ1) is 27.5. The number of aliphatic imine (C=N–C) groups is 1. The van der Waals surface area contributed by atoms with Gasteiger partial charge in [-0.2, -0.15) is 0 Å². The highest BCUT2D eigenvalue weighted by atomic mass is 127. The van der Waals surface area contributed by atoms with Gasteiger partial charge >= 0.3 is 0 Å². The fourth-order valence-electron chi connectivity index (χ4n) is 3.74. The van der Waals surface area contributed by atoms with Crippen LogP contribution in [0.4, 0.5) is 0 Å². The Labute approximate surface area is 204 Å². The van der Waals surface area contributed by atoms with Crippen LogP contribution in [0.3, 0.4) is 0 Å². The molecule has 7 nitrogen and oxygen atoms in total. The fraction of sp³-hybridized carbons (Fsp3) is 0.857. The van der Waals surface area contributed by atoms with E-state index in [9.17, 15) is 0 Å². The normalized spacial score (nSPS) is 20.1. The highest BCUT2D eigenvalue weighted by molar-refractivity contribution is 14.0. The van der Waals surface area contributed by atoms with Gasteiger partial charge in [0.25, 0.3) is 0 Å². The summed E-state index contributed by atoms with van der Waals surface area (Å²) in [7, 11) is 0. The maximum atomic E-state index is 4.83. The summed E-state index contributed by atoms with van der Waals surface area (Å²) in [5, 5.41) is 16.8. The molecule has 30 heavy (non-hydrogen) atoms. The number of likely N-dealkylation sites (tertiary alicyclic amines) is 1. The van der Waals surface area contributed by atoms with E-state index in [2.05, 4.69) is 78.1 Å². The average molecular weight is 552 g/mol. The van der Waals surface area contributed by atoms with Crippen LogP contribution < -0.4 is 10.6 Å². The topological polar surface area (TPSA) is 70.4 Å². The van der Waals surface area contributed by atoms with Crippen molar-refractivity contribution in [1.29, 1.82) is 0 Å². The van der Waals surface area contributed by atoms with Crippen LogP contribution in [-0.4, -0.2) is 70.1 Å². The molecule has 1 aromatic rings. The Morgan fingerprint density at radius 2 is 1.97 bits per heavy atom. The minimum absolute atomic E-state index is 0. The van der Waals surface area contributed by atoms with Crippen LogP contribution in [-0.2, 0) is 13.0 Å². The molecule has 1 saturated heterocycles. The molecular weight excluding hydrogens is 509 g/mol. The number of halogens is 1. The first-order valence-corrected chi connectivity index (χ1v) is 12.3. The largest absolute Gasteiger partial charge is 0.357 e. The zero-order valence-electron chi connectivity index (χ0n) is 19.8. The molecule has 0 saturated carbocycles. The lowest BCUT2D eigenvalue weighted by Gasteiger charge is -2.22. The summed E-state index contributed by atoms with van der Waals surface area (Å²) >= 11 is 1.67. The number of aryl methyl sites for hydroxylation is 1. The van der Waals surface area contributed by atoms with E-state index < -0.39 is 0 Å². The maximum absolute atomic E-state index is 4.83. The second-order valence-corrected chi connectivity index (χ2v) is 9.52. The lowest BCUT2D eigenvalue weighted by atomic mass is 10.1. The molecule has 174 valence electrons. The summed E-state index contributed by atoms with van der Waals surface area (Å²) in [5.74, 6) is 3.22. The van der Waals surface area contributed by atoms with E-state index in [0.29, 0.717) is 23.9 Å². The molecule has 0 aliphatic carbocycles. The first-order valence-electron chi connectivity index (χ1n) is 11.1. The molecule has 9 heteroatoms. The SMILES string of the molecule is CCNC(=NCCCc1nnc(SC)n1CC(C)C)NC1CN(C(C)C)CC1C.I. The van der Waals surface area contributed by atoms with Crippen molar-refractivity contribution in [3.05, 3.63) is 5.82 Å². The van der Waals surface area contributed by atoms with Gasteiger partial charge in [-0.25, -0.2) is 0 Å². The fourth-order valence-corrected chi connectivity index (χ4v) is 4.26. The van der Waals surface area contributed by atoms with Gasteiger partial charge in [0.15, 0.2) is 11.1 Å². The quantitative estimate of drug-likeness (QED) is 0.153. The molecule has 2 unspecified atom stereocenters. The Kier molecular flexibility index (Phi) is 12.6. The summed E-state index contributed by atoms with van der Waals surface area (Å²) < 4.78 is 2.27. The van der Waals surface area contributed by atoms with Crippen LogP contribution in [0.5, 0.6) is 0 Å². The number of nitrogens with one attached hydrogen (secondary N) is 2. The smallest absolute Gasteiger partial charge is 0.191 e. The number of hydrogen-bond donors (Lipinski definition) is 2.